The fourth-order valence-electron chi connectivity index (χ4n) is 1.49. The van der Waals surface area contributed by atoms with Crippen molar-refractivity contribution in [1.82, 2.24) is 4.98 Å². The van der Waals surface area contributed by atoms with Gasteiger partial charge in [0.05, 0.1) is 12.3 Å². The summed E-state index contributed by atoms with van der Waals surface area (Å²) in [6.45, 7) is 3.92. The minimum Gasteiger partial charge on any atom is -0.462 e. The van der Waals surface area contributed by atoms with Gasteiger partial charge in [-0.05, 0) is 38.1 Å². The van der Waals surface area contributed by atoms with Gasteiger partial charge in [-0.1, -0.05) is 22.9 Å². The highest BCUT2D eigenvalue weighted by Crippen LogP contribution is 2.26. The first-order valence-electron chi connectivity index (χ1n) is 5.77. The Morgan fingerprint density at radius 3 is 2.74 bits per heavy atom. The maximum atomic E-state index is 11.7. The molecule has 1 aromatic carbocycles. The molecule has 0 saturated heterocycles. The number of carbonyl (C=O) groups excluding carboxylic acids is 1. The summed E-state index contributed by atoms with van der Waals surface area (Å²) < 4.78 is 4.97. The SMILES string of the molecule is CCOC(=O)c1sc(Nc2ccc(Cl)cc2)nc1C. The van der Waals surface area contributed by atoms with Gasteiger partial charge in [0.25, 0.3) is 0 Å². The second kappa shape index (κ2) is 6.04. The van der Waals surface area contributed by atoms with Crippen molar-refractivity contribution in [2.24, 2.45) is 0 Å². The van der Waals surface area contributed by atoms with E-state index in [1.165, 1.54) is 11.3 Å². The number of nitrogens with one attached hydrogen (secondary N) is 1. The molecule has 4 nitrogen and oxygen atoms in total. The minimum atomic E-state index is -0.332. The summed E-state index contributed by atoms with van der Waals surface area (Å²) in [5.74, 6) is -0.332. The van der Waals surface area contributed by atoms with Crippen LogP contribution >= 0.6 is 22.9 Å². The second-order valence-corrected chi connectivity index (χ2v) is 5.22. The summed E-state index contributed by atoms with van der Waals surface area (Å²) >= 11 is 7.10. The first kappa shape index (κ1) is 13.8. The van der Waals surface area contributed by atoms with Gasteiger partial charge in [0.1, 0.15) is 4.88 Å². The molecule has 0 aliphatic carbocycles. The Bertz CT molecular complexity index is 581. The van der Waals surface area contributed by atoms with E-state index < -0.39 is 0 Å². The minimum absolute atomic E-state index is 0.332. The van der Waals surface area contributed by atoms with Crippen molar-refractivity contribution < 1.29 is 9.53 Å². The number of thiazole rings is 1. The lowest BCUT2D eigenvalue weighted by Gasteiger charge is -2.01. The standard InChI is InChI=1S/C13H13ClN2O2S/c1-3-18-12(17)11-8(2)15-13(19-11)16-10-6-4-9(14)5-7-10/h4-7H,3H2,1-2H3,(H,15,16). The lowest BCUT2D eigenvalue weighted by molar-refractivity contribution is 0.0531. The molecule has 0 aliphatic rings. The zero-order valence-corrected chi connectivity index (χ0v) is 12.1. The molecule has 0 spiro atoms. The third-order valence-corrected chi connectivity index (χ3v) is 3.66. The predicted octanol–water partition coefficient (Wildman–Crippen LogP) is 4.03. The molecular formula is C13H13ClN2O2S. The molecule has 1 heterocycles. The second-order valence-electron chi connectivity index (χ2n) is 3.79. The van der Waals surface area contributed by atoms with Crippen molar-refractivity contribution in [3.05, 3.63) is 39.9 Å². The highest BCUT2D eigenvalue weighted by molar-refractivity contribution is 7.17. The van der Waals surface area contributed by atoms with Gasteiger partial charge in [-0.2, -0.15) is 0 Å². The largest absolute Gasteiger partial charge is 0.462 e. The van der Waals surface area contributed by atoms with Gasteiger partial charge < -0.3 is 10.1 Å². The van der Waals surface area contributed by atoms with Gasteiger partial charge in [0.2, 0.25) is 0 Å². The van der Waals surface area contributed by atoms with Crippen LogP contribution in [0.1, 0.15) is 22.3 Å². The third-order valence-electron chi connectivity index (χ3n) is 2.35. The van der Waals surface area contributed by atoms with Crippen LogP contribution in [0.4, 0.5) is 10.8 Å². The van der Waals surface area contributed by atoms with Crippen LogP contribution in [0, 0.1) is 6.92 Å². The number of hydrogen-bond donors (Lipinski definition) is 1. The molecule has 0 saturated carbocycles. The first-order chi connectivity index (χ1) is 9.10. The molecule has 2 aromatic rings. The highest BCUT2D eigenvalue weighted by Gasteiger charge is 2.16. The normalized spacial score (nSPS) is 10.3. The summed E-state index contributed by atoms with van der Waals surface area (Å²) in [5, 5.41) is 4.46. The average Bonchev–Trinajstić information content (AvgIpc) is 2.74. The van der Waals surface area contributed by atoms with Crippen molar-refractivity contribution in [1.29, 1.82) is 0 Å². The number of anilines is 2. The predicted molar refractivity (Wildman–Crippen MR) is 77.5 cm³/mol. The smallest absolute Gasteiger partial charge is 0.350 e. The summed E-state index contributed by atoms with van der Waals surface area (Å²) in [6.07, 6.45) is 0. The van der Waals surface area contributed by atoms with Crippen LogP contribution in [0.3, 0.4) is 0 Å². The van der Waals surface area contributed by atoms with E-state index in [-0.39, 0.29) is 5.97 Å². The van der Waals surface area contributed by atoms with Crippen LogP contribution in [0.25, 0.3) is 0 Å². The Morgan fingerprint density at radius 1 is 1.42 bits per heavy atom. The molecule has 0 amide bonds. The molecule has 0 radical (unpaired) electrons. The number of esters is 1. The maximum absolute atomic E-state index is 11.7. The number of benzene rings is 1. The molecular weight excluding hydrogens is 284 g/mol. The number of halogens is 1. The van der Waals surface area contributed by atoms with E-state index in [0.29, 0.717) is 27.3 Å². The molecule has 19 heavy (non-hydrogen) atoms. The molecule has 1 N–H and O–H groups in total. The van der Waals surface area contributed by atoms with E-state index in [4.69, 9.17) is 16.3 Å². The van der Waals surface area contributed by atoms with Gasteiger partial charge in [0.15, 0.2) is 5.13 Å². The van der Waals surface area contributed by atoms with E-state index in [0.717, 1.165) is 5.69 Å². The number of rotatable bonds is 4. The molecule has 0 fully saturated rings. The molecule has 1 aromatic heterocycles. The highest BCUT2D eigenvalue weighted by atomic mass is 35.5. The van der Waals surface area contributed by atoms with Crippen LogP contribution < -0.4 is 5.32 Å². The molecule has 0 bridgehead atoms. The van der Waals surface area contributed by atoms with Gasteiger partial charge in [-0.15, -0.1) is 0 Å². The topological polar surface area (TPSA) is 51.2 Å². The third kappa shape index (κ3) is 3.45. The summed E-state index contributed by atoms with van der Waals surface area (Å²) in [6, 6.07) is 7.28. The van der Waals surface area contributed by atoms with Crippen LogP contribution in [0.5, 0.6) is 0 Å². The van der Waals surface area contributed by atoms with Crippen LogP contribution in [0.15, 0.2) is 24.3 Å². The number of aryl methyl sites for hydroxylation is 1. The molecule has 100 valence electrons. The van der Waals surface area contributed by atoms with Crippen LogP contribution in [-0.2, 0) is 4.74 Å². The van der Waals surface area contributed by atoms with Crippen molar-refractivity contribution in [3.8, 4) is 0 Å². The van der Waals surface area contributed by atoms with E-state index in [1.807, 2.05) is 12.1 Å². The first-order valence-corrected chi connectivity index (χ1v) is 6.96. The van der Waals surface area contributed by atoms with Gasteiger partial charge in [-0.25, -0.2) is 9.78 Å². The molecule has 0 unspecified atom stereocenters. The fraction of sp³-hybridized carbons (Fsp3) is 0.231. The Balaban J connectivity index is 2.16. The number of hydrogen-bond acceptors (Lipinski definition) is 5. The Labute approximate surface area is 120 Å². The summed E-state index contributed by atoms with van der Waals surface area (Å²) in [5.41, 5.74) is 1.54. The van der Waals surface area contributed by atoms with Gasteiger partial charge >= 0.3 is 5.97 Å². The Kier molecular flexibility index (Phi) is 4.39. The van der Waals surface area contributed by atoms with Crippen molar-refractivity contribution in [2.75, 3.05) is 11.9 Å². The fourth-order valence-corrected chi connectivity index (χ4v) is 2.50. The maximum Gasteiger partial charge on any atom is 0.350 e. The van der Waals surface area contributed by atoms with E-state index in [1.54, 1.807) is 26.0 Å². The van der Waals surface area contributed by atoms with Crippen molar-refractivity contribution >= 4 is 39.7 Å². The summed E-state index contributed by atoms with van der Waals surface area (Å²) in [7, 11) is 0. The quantitative estimate of drug-likeness (QED) is 0.866. The number of nitrogens with zero attached hydrogens (tertiary/aromatic N) is 1. The van der Waals surface area contributed by atoms with Crippen LogP contribution in [-0.4, -0.2) is 17.6 Å². The van der Waals surface area contributed by atoms with E-state index >= 15 is 0 Å². The molecule has 0 aliphatic heterocycles. The lowest BCUT2D eigenvalue weighted by atomic mass is 10.3. The number of carbonyl (C=O) groups is 1. The van der Waals surface area contributed by atoms with Crippen LogP contribution in [0.2, 0.25) is 5.02 Å². The van der Waals surface area contributed by atoms with Crippen molar-refractivity contribution in [3.63, 3.8) is 0 Å². The number of ether oxygens (including phenoxy) is 1. The van der Waals surface area contributed by atoms with Crippen molar-refractivity contribution in [2.45, 2.75) is 13.8 Å². The average molecular weight is 297 g/mol. The Hall–Kier alpha value is -1.59. The zero-order chi connectivity index (χ0) is 13.8. The van der Waals surface area contributed by atoms with E-state index in [2.05, 4.69) is 10.3 Å². The van der Waals surface area contributed by atoms with Gasteiger partial charge in [-0.3, -0.25) is 0 Å². The van der Waals surface area contributed by atoms with Gasteiger partial charge in [0, 0.05) is 10.7 Å². The Morgan fingerprint density at radius 2 is 2.11 bits per heavy atom. The lowest BCUT2D eigenvalue weighted by Crippen LogP contribution is -2.03. The summed E-state index contributed by atoms with van der Waals surface area (Å²) in [4.78, 5) is 16.5. The van der Waals surface area contributed by atoms with E-state index in [9.17, 15) is 4.79 Å². The zero-order valence-electron chi connectivity index (χ0n) is 10.6. The molecule has 2 rings (SSSR count). The monoisotopic (exact) mass is 296 g/mol. The molecule has 0 atom stereocenters. The number of aromatic nitrogens is 1. The molecule has 6 heteroatoms.